The molecule has 1 aromatic carbocycles. The van der Waals surface area contributed by atoms with E-state index in [0.717, 1.165) is 29.7 Å². The second-order valence-electron chi connectivity index (χ2n) is 6.19. The molecular formula is C17H26N4O2. The highest BCUT2D eigenvalue weighted by Gasteiger charge is 2.15. The quantitative estimate of drug-likeness (QED) is 0.797. The number of amides is 1. The van der Waals surface area contributed by atoms with Crippen molar-refractivity contribution in [2.24, 2.45) is 5.92 Å². The number of anilines is 2. The molecule has 2 aromatic rings. The molecule has 2 rings (SSSR count). The molecule has 1 aromatic heterocycles. The van der Waals surface area contributed by atoms with Gasteiger partial charge in [-0.15, -0.1) is 0 Å². The molecule has 0 saturated heterocycles. The van der Waals surface area contributed by atoms with Gasteiger partial charge in [0.25, 0.3) is 0 Å². The van der Waals surface area contributed by atoms with Gasteiger partial charge in [0, 0.05) is 39.4 Å². The number of fused-ring (bicyclic) bond motifs is 1. The molecule has 6 heteroatoms. The number of nitrogens with zero attached hydrogens (tertiary/aromatic N) is 3. The highest BCUT2D eigenvalue weighted by atomic mass is 16.5. The minimum absolute atomic E-state index is 0.104. The molecule has 0 aliphatic carbocycles. The fraction of sp³-hybridized carbons (Fsp3) is 0.529. The fourth-order valence-electron chi connectivity index (χ4n) is 2.58. The monoisotopic (exact) mass is 318 g/mol. The van der Waals surface area contributed by atoms with Gasteiger partial charge in [-0.1, -0.05) is 13.8 Å². The average Bonchev–Trinajstić information content (AvgIpc) is 2.81. The molecule has 126 valence electrons. The van der Waals surface area contributed by atoms with E-state index in [0.29, 0.717) is 24.9 Å². The van der Waals surface area contributed by atoms with Gasteiger partial charge in [-0.25, -0.2) is 4.98 Å². The number of carbonyl (C=O) groups is 1. The van der Waals surface area contributed by atoms with Crippen LogP contribution in [0.3, 0.4) is 0 Å². The van der Waals surface area contributed by atoms with E-state index in [9.17, 15) is 4.79 Å². The second kappa shape index (κ2) is 7.46. The Morgan fingerprint density at radius 3 is 2.83 bits per heavy atom. The van der Waals surface area contributed by atoms with Crippen LogP contribution in [0.15, 0.2) is 18.2 Å². The lowest BCUT2D eigenvalue weighted by Crippen LogP contribution is -2.27. The number of carbonyl (C=O) groups excluding carboxylic acids is 1. The van der Waals surface area contributed by atoms with Crippen LogP contribution in [0.25, 0.3) is 11.0 Å². The van der Waals surface area contributed by atoms with Crippen molar-refractivity contribution in [1.29, 1.82) is 0 Å². The molecule has 0 atom stereocenters. The maximum absolute atomic E-state index is 12.2. The molecule has 1 heterocycles. The van der Waals surface area contributed by atoms with Crippen molar-refractivity contribution in [2.45, 2.75) is 33.2 Å². The number of ether oxygens (including phenoxy) is 1. The van der Waals surface area contributed by atoms with Crippen LogP contribution in [0.4, 0.5) is 11.6 Å². The highest BCUT2D eigenvalue weighted by Crippen LogP contribution is 2.24. The maximum atomic E-state index is 12.2. The number of aromatic nitrogens is 2. The van der Waals surface area contributed by atoms with Crippen molar-refractivity contribution < 1.29 is 9.53 Å². The van der Waals surface area contributed by atoms with Gasteiger partial charge in [0.15, 0.2) is 0 Å². The Labute approximate surface area is 137 Å². The summed E-state index contributed by atoms with van der Waals surface area (Å²) < 4.78 is 7.06. The second-order valence-corrected chi connectivity index (χ2v) is 6.19. The Morgan fingerprint density at radius 1 is 1.43 bits per heavy atom. The molecule has 2 N–H and O–H groups in total. The number of aryl methyl sites for hydroxylation is 1. The first-order chi connectivity index (χ1) is 10.9. The number of benzene rings is 1. The summed E-state index contributed by atoms with van der Waals surface area (Å²) in [5.74, 6) is 0.931. The van der Waals surface area contributed by atoms with Crippen LogP contribution in [0.2, 0.25) is 0 Å². The van der Waals surface area contributed by atoms with Gasteiger partial charge in [-0.2, -0.15) is 0 Å². The third kappa shape index (κ3) is 4.01. The summed E-state index contributed by atoms with van der Waals surface area (Å²) in [7, 11) is 3.48. The molecule has 23 heavy (non-hydrogen) atoms. The standard InChI is InChI=1S/C17H26N4O2/c1-12(2)10-16(22)20(3)13-6-7-15-14(11-13)19-17(18)21(15)8-5-9-23-4/h6-7,11-12H,5,8-10H2,1-4H3,(H2,18,19). The highest BCUT2D eigenvalue weighted by molar-refractivity contribution is 5.95. The van der Waals surface area contributed by atoms with E-state index in [4.69, 9.17) is 10.5 Å². The number of rotatable bonds is 7. The van der Waals surface area contributed by atoms with Gasteiger partial charge in [-0.05, 0) is 30.5 Å². The number of methoxy groups -OCH3 is 1. The number of nitrogen functional groups attached to an aromatic ring is 1. The smallest absolute Gasteiger partial charge is 0.226 e. The normalized spacial score (nSPS) is 11.3. The van der Waals surface area contributed by atoms with Crippen molar-refractivity contribution in [3.63, 3.8) is 0 Å². The Hall–Kier alpha value is -2.08. The molecular weight excluding hydrogens is 292 g/mol. The third-order valence-electron chi connectivity index (χ3n) is 3.84. The first kappa shape index (κ1) is 17.3. The predicted molar refractivity (Wildman–Crippen MR) is 93.5 cm³/mol. The van der Waals surface area contributed by atoms with E-state index in [-0.39, 0.29) is 5.91 Å². The molecule has 0 aliphatic rings. The SMILES string of the molecule is COCCCn1c(N)nc2cc(N(C)C(=O)CC(C)C)ccc21. The molecule has 0 saturated carbocycles. The summed E-state index contributed by atoms with van der Waals surface area (Å²) >= 11 is 0. The van der Waals surface area contributed by atoms with Crippen LogP contribution in [0.5, 0.6) is 0 Å². The predicted octanol–water partition coefficient (Wildman–Crippen LogP) is 2.66. The van der Waals surface area contributed by atoms with E-state index < -0.39 is 0 Å². The Balaban J connectivity index is 2.24. The van der Waals surface area contributed by atoms with Crippen LogP contribution in [-0.4, -0.2) is 36.2 Å². The lowest BCUT2D eigenvalue weighted by atomic mass is 10.1. The van der Waals surface area contributed by atoms with E-state index in [1.165, 1.54) is 0 Å². The topological polar surface area (TPSA) is 73.4 Å². The van der Waals surface area contributed by atoms with Crippen molar-refractivity contribution in [3.05, 3.63) is 18.2 Å². The third-order valence-corrected chi connectivity index (χ3v) is 3.84. The van der Waals surface area contributed by atoms with Crippen LogP contribution in [-0.2, 0) is 16.1 Å². The van der Waals surface area contributed by atoms with Crippen LogP contribution < -0.4 is 10.6 Å². The molecule has 0 radical (unpaired) electrons. The summed E-state index contributed by atoms with van der Waals surface area (Å²) in [4.78, 5) is 18.3. The Kier molecular flexibility index (Phi) is 5.60. The fourth-order valence-corrected chi connectivity index (χ4v) is 2.58. The molecule has 0 bridgehead atoms. The molecule has 0 unspecified atom stereocenters. The first-order valence-electron chi connectivity index (χ1n) is 7.95. The molecule has 1 amide bonds. The zero-order valence-electron chi connectivity index (χ0n) is 14.4. The average molecular weight is 318 g/mol. The Morgan fingerprint density at radius 2 is 2.17 bits per heavy atom. The zero-order chi connectivity index (χ0) is 17.0. The van der Waals surface area contributed by atoms with Crippen molar-refractivity contribution in [2.75, 3.05) is 31.4 Å². The summed E-state index contributed by atoms with van der Waals surface area (Å²) in [6, 6.07) is 5.82. The van der Waals surface area contributed by atoms with E-state index >= 15 is 0 Å². The van der Waals surface area contributed by atoms with Crippen LogP contribution >= 0.6 is 0 Å². The molecule has 0 aliphatic heterocycles. The Bertz CT molecular complexity index is 679. The van der Waals surface area contributed by atoms with Crippen molar-refractivity contribution >= 4 is 28.6 Å². The van der Waals surface area contributed by atoms with Gasteiger partial charge in [0.2, 0.25) is 11.9 Å². The van der Waals surface area contributed by atoms with E-state index in [1.54, 1.807) is 19.1 Å². The van der Waals surface area contributed by atoms with Gasteiger partial charge in [0.1, 0.15) is 0 Å². The van der Waals surface area contributed by atoms with Gasteiger partial charge in [0.05, 0.1) is 11.0 Å². The largest absolute Gasteiger partial charge is 0.385 e. The maximum Gasteiger partial charge on any atom is 0.226 e. The number of hydrogen-bond donors (Lipinski definition) is 1. The number of imidazole rings is 1. The van der Waals surface area contributed by atoms with E-state index in [2.05, 4.69) is 4.98 Å². The molecule has 0 spiro atoms. The van der Waals surface area contributed by atoms with Gasteiger partial charge < -0.3 is 19.9 Å². The number of hydrogen-bond acceptors (Lipinski definition) is 4. The van der Waals surface area contributed by atoms with Crippen LogP contribution in [0, 0.1) is 5.92 Å². The number of nitrogens with two attached hydrogens (primary N) is 1. The van der Waals surface area contributed by atoms with Crippen molar-refractivity contribution in [1.82, 2.24) is 9.55 Å². The minimum atomic E-state index is 0.104. The summed E-state index contributed by atoms with van der Waals surface area (Å²) in [6.07, 6.45) is 1.41. The lowest BCUT2D eigenvalue weighted by Gasteiger charge is -2.18. The minimum Gasteiger partial charge on any atom is -0.385 e. The van der Waals surface area contributed by atoms with E-state index in [1.807, 2.05) is 36.6 Å². The summed E-state index contributed by atoms with van der Waals surface area (Å²) in [6.45, 7) is 5.52. The van der Waals surface area contributed by atoms with Crippen molar-refractivity contribution in [3.8, 4) is 0 Å². The molecule has 0 fully saturated rings. The zero-order valence-corrected chi connectivity index (χ0v) is 14.4. The summed E-state index contributed by atoms with van der Waals surface area (Å²) in [5.41, 5.74) is 8.64. The summed E-state index contributed by atoms with van der Waals surface area (Å²) in [5, 5.41) is 0. The molecule has 6 nitrogen and oxygen atoms in total. The van der Waals surface area contributed by atoms with Gasteiger partial charge in [-0.3, -0.25) is 4.79 Å². The lowest BCUT2D eigenvalue weighted by molar-refractivity contribution is -0.119. The first-order valence-corrected chi connectivity index (χ1v) is 7.95. The van der Waals surface area contributed by atoms with Crippen LogP contribution in [0.1, 0.15) is 26.7 Å². The van der Waals surface area contributed by atoms with Gasteiger partial charge >= 0.3 is 0 Å².